The van der Waals surface area contributed by atoms with Crippen molar-refractivity contribution >= 4 is 17.8 Å². The van der Waals surface area contributed by atoms with Gasteiger partial charge in [-0.1, -0.05) is 43.2 Å². The number of likely N-dealkylation sites (tertiary alicyclic amines) is 1. The summed E-state index contributed by atoms with van der Waals surface area (Å²) in [5, 5.41) is 12.3. The van der Waals surface area contributed by atoms with Crippen molar-refractivity contribution in [1.82, 2.24) is 10.2 Å². The molecule has 1 aliphatic heterocycles. The summed E-state index contributed by atoms with van der Waals surface area (Å²) in [5.41, 5.74) is -0.317. The third kappa shape index (κ3) is 3.52. The quantitative estimate of drug-likeness (QED) is 0.799. The lowest BCUT2D eigenvalue weighted by atomic mass is 9.84. The molecule has 3 rings (SSSR count). The zero-order valence-electron chi connectivity index (χ0n) is 14.2. The largest absolute Gasteiger partial charge is 0.480 e. The Morgan fingerprint density at radius 3 is 2.48 bits per heavy atom. The van der Waals surface area contributed by atoms with Crippen LogP contribution in [0, 0.1) is 5.41 Å². The number of rotatable bonds is 5. The second kappa shape index (κ2) is 7.25. The zero-order chi connectivity index (χ0) is 17.9. The molecule has 25 heavy (non-hydrogen) atoms. The van der Waals surface area contributed by atoms with Crippen LogP contribution in [0.3, 0.4) is 0 Å². The van der Waals surface area contributed by atoms with Crippen molar-refractivity contribution in [2.45, 2.75) is 51.1 Å². The number of nitrogens with zero attached hydrogens (tertiary/aromatic N) is 1. The average molecular weight is 344 g/mol. The molecule has 1 unspecified atom stereocenters. The number of nitrogens with one attached hydrogen (secondary N) is 1. The Labute approximate surface area is 147 Å². The Balaban J connectivity index is 1.67. The number of hydrogen-bond donors (Lipinski definition) is 2. The fraction of sp³-hybridized carbons (Fsp3) is 0.526. The first-order valence-electron chi connectivity index (χ1n) is 8.90. The van der Waals surface area contributed by atoms with Gasteiger partial charge in [0, 0.05) is 13.1 Å². The molecule has 0 radical (unpaired) electrons. The van der Waals surface area contributed by atoms with E-state index in [-0.39, 0.29) is 5.91 Å². The maximum Gasteiger partial charge on any atom is 0.319 e. The Hall–Kier alpha value is -2.37. The van der Waals surface area contributed by atoms with Gasteiger partial charge in [0.2, 0.25) is 11.8 Å². The third-order valence-electron chi connectivity index (χ3n) is 5.35. The molecule has 6 heteroatoms. The highest BCUT2D eigenvalue weighted by molar-refractivity contribution is 6.03. The van der Waals surface area contributed by atoms with Crippen molar-refractivity contribution in [3.05, 3.63) is 35.9 Å². The van der Waals surface area contributed by atoms with Crippen LogP contribution in [0.2, 0.25) is 0 Å². The monoisotopic (exact) mass is 344 g/mol. The van der Waals surface area contributed by atoms with Gasteiger partial charge in [-0.3, -0.25) is 14.4 Å². The van der Waals surface area contributed by atoms with E-state index in [1.165, 1.54) is 0 Å². The number of carbonyl (C=O) groups excluding carboxylic acids is 2. The summed E-state index contributed by atoms with van der Waals surface area (Å²) in [5.74, 6) is -1.70. The van der Waals surface area contributed by atoms with Gasteiger partial charge in [-0.05, 0) is 31.2 Å². The van der Waals surface area contributed by atoms with E-state index in [4.69, 9.17) is 0 Å². The summed E-state index contributed by atoms with van der Waals surface area (Å²) in [7, 11) is 0. The Bertz CT molecular complexity index is 653. The fourth-order valence-corrected chi connectivity index (χ4v) is 3.85. The standard InChI is InChI=1S/C19H24N2O4/c22-16-15(20-17(23)19(18(24)25)10-4-5-11-19)9-6-12-21(16)13-14-7-2-1-3-8-14/h1-3,7-8,15H,4-6,9-13H2,(H,20,23)(H,24,25). The van der Waals surface area contributed by atoms with Crippen LogP contribution in [0.1, 0.15) is 44.1 Å². The highest BCUT2D eigenvalue weighted by atomic mass is 16.4. The molecule has 2 fully saturated rings. The summed E-state index contributed by atoms with van der Waals surface area (Å²) in [6, 6.07) is 9.10. The molecule has 1 saturated carbocycles. The lowest BCUT2D eigenvalue weighted by Gasteiger charge is -2.34. The molecule has 0 bridgehead atoms. The summed E-state index contributed by atoms with van der Waals surface area (Å²) in [6.45, 7) is 1.17. The minimum absolute atomic E-state index is 0.123. The number of benzene rings is 1. The molecule has 1 heterocycles. The van der Waals surface area contributed by atoms with Crippen LogP contribution in [-0.4, -0.2) is 40.4 Å². The number of carboxylic acids is 1. The van der Waals surface area contributed by atoms with E-state index in [0.717, 1.165) is 24.8 Å². The molecule has 2 N–H and O–H groups in total. The molecular weight excluding hydrogens is 320 g/mol. The van der Waals surface area contributed by atoms with E-state index in [9.17, 15) is 19.5 Å². The molecule has 2 aliphatic rings. The van der Waals surface area contributed by atoms with E-state index in [0.29, 0.717) is 32.4 Å². The van der Waals surface area contributed by atoms with E-state index < -0.39 is 23.3 Å². The molecule has 1 aromatic carbocycles. The lowest BCUT2D eigenvalue weighted by Crippen LogP contribution is -2.56. The van der Waals surface area contributed by atoms with E-state index >= 15 is 0 Å². The summed E-state index contributed by atoms with van der Waals surface area (Å²) in [6.07, 6.45) is 3.53. The highest BCUT2D eigenvalue weighted by Crippen LogP contribution is 2.39. The van der Waals surface area contributed by atoms with Crippen molar-refractivity contribution in [1.29, 1.82) is 0 Å². The number of amides is 2. The van der Waals surface area contributed by atoms with Crippen molar-refractivity contribution in [3.8, 4) is 0 Å². The lowest BCUT2D eigenvalue weighted by molar-refractivity contribution is -0.157. The highest BCUT2D eigenvalue weighted by Gasteiger charge is 2.49. The van der Waals surface area contributed by atoms with Crippen LogP contribution in [0.4, 0.5) is 0 Å². The number of piperidine rings is 1. The van der Waals surface area contributed by atoms with Gasteiger partial charge in [-0.15, -0.1) is 0 Å². The molecular formula is C19H24N2O4. The number of aliphatic carboxylic acids is 1. The molecule has 1 aromatic rings. The molecule has 2 amide bonds. The minimum Gasteiger partial charge on any atom is -0.480 e. The first-order valence-corrected chi connectivity index (χ1v) is 8.90. The summed E-state index contributed by atoms with van der Waals surface area (Å²) in [4.78, 5) is 38.7. The SMILES string of the molecule is O=C1C(NC(=O)C2(C(=O)O)CCCC2)CCCN1Cc1ccccc1. The van der Waals surface area contributed by atoms with E-state index in [2.05, 4.69) is 5.32 Å². The summed E-state index contributed by atoms with van der Waals surface area (Å²) >= 11 is 0. The third-order valence-corrected chi connectivity index (χ3v) is 5.35. The van der Waals surface area contributed by atoms with Gasteiger partial charge in [-0.2, -0.15) is 0 Å². The predicted molar refractivity (Wildman–Crippen MR) is 91.6 cm³/mol. The molecule has 1 atom stereocenters. The zero-order valence-corrected chi connectivity index (χ0v) is 14.2. The van der Waals surface area contributed by atoms with Crippen LogP contribution in [-0.2, 0) is 20.9 Å². The molecule has 134 valence electrons. The first kappa shape index (κ1) is 17.5. The van der Waals surface area contributed by atoms with Gasteiger partial charge >= 0.3 is 5.97 Å². The van der Waals surface area contributed by atoms with E-state index in [1.54, 1.807) is 4.90 Å². The maximum absolute atomic E-state index is 12.7. The Kier molecular flexibility index (Phi) is 5.06. The summed E-state index contributed by atoms with van der Waals surface area (Å²) < 4.78 is 0. The molecule has 0 aromatic heterocycles. The van der Waals surface area contributed by atoms with Gasteiger partial charge < -0.3 is 15.3 Å². The van der Waals surface area contributed by atoms with E-state index in [1.807, 2.05) is 30.3 Å². The van der Waals surface area contributed by atoms with Gasteiger partial charge in [-0.25, -0.2) is 0 Å². The number of carboxylic acid groups (broad SMARTS) is 1. The van der Waals surface area contributed by atoms with Crippen LogP contribution in [0.5, 0.6) is 0 Å². The van der Waals surface area contributed by atoms with Crippen molar-refractivity contribution in [2.24, 2.45) is 5.41 Å². The predicted octanol–water partition coefficient (Wildman–Crippen LogP) is 1.94. The second-order valence-corrected chi connectivity index (χ2v) is 7.01. The average Bonchev–Trinajstić information content (AvgIpc) is 3.11. The maximum atomic E-state index is 12.7. The first-order chi connectivity index (χ1) is 12.0. The smallest absolute Gasteiger partial charge is 0.319 e. The Morgan fingerprint density at radius 2 is 1.84 bits per heavy atom. The number of hydrogen-bond acceptors (Lipinski definition) is 3. The van der Waals surface area contributed by atoms with Gasteiger partial charge in [0.1, 0.15) is 11.5 Å². The second-order valence-electron chi connectivity index (χ2n) is 7.01. The van der Waals surface area contributed by atoms with Crippen molar-refractivity contribution in [3.63, 3.8) is 0 Å². The van der Waals surface area contributed by atoms with Crippen molar-refractivity contribution < 1.29 is 19.5 Å². The Morgan fingerprint density at radius 1 is 1.16 bits per heavy atom. The number of carbonyl (C=O) groups is 3. The topological polar surface area (TPSA) is 86.7 Å². The fourth-order valence-electron chi connectivity index (χ4n) is 3.85. The van der Waals surface area contributed by atoms with Gasteiger partial charge in [0.15, 0.2) is 0 Å². The molecule has 1 saturated heterocycles. The normalized spacial score (nSPS) is 22.6. The molecule has 1 aliphatic carbocycles. The van der Waals surface area contributed by atoms with Gasteiger partial charge in [0.05, 0.1) is 0 Å². The van der Waals surface area contributed by atoms with Crippen LogP contribution < -0.4 is 5.32 Å². The minimum atomic E-state index is -1.36. The van der Waals surface area contributed by atoms with Crippen LogP contribution in [0.15, 0.2) is 30.3 Å². The van der Waals surface area contributed by atoms with Crippen LogP contribution in [0.25, 0.3) is 0 Å². The molecule has 6 nitrogen and oxygen atoms in total. The van der Waals surface area contributed by atoms with Crippen LogP contribution >= 0.6 is 0 Å². The van der Waals surface area contributed by atoms with Gasteiger partial charge in [0.25, 0.3) is 0 Å². The van der Waals surface area contributed by atoms with Crippen molar-refractivity contribution in [2.75, 3.05) is 6.54 Å². The molecule has 0 spiro atoms.